The summed E-state index contributed by atoms with van der Waals surface area (Å²) >= 11 is 0. The second kappa shape index (κ2) is 8.51. The van der Waals surface area contributed by atoms with Gasteiger partial charge in [0, 0.05) is 6.54 Å². The van der Waals surface area contributed by atoms with E-state index in [0.717, 1.165) is 0 Å². The summed E-state index contributed by atoms with van der Waals surface area (Å²) in [5, 5.41) is 5.26. The predicted octanol–water partition coefficient (Wildman–Crippen LogP) is 2.16. The Morgan fingerprint density at radius 2 is 1.93 bits per heavy atom. The number of fused-ring (bicyclic) bond motifs is 1. The van der Waals surface area contributed by atoms with Crippen molar-refractivity contribution in [3.63, 3.8) is 0 Å². The second-order valence-electron chi connectivity index (χ2n) is 6.27. The third-order valence-corrected chi connectivity index (χ3v) is 4.12. The van der Waals surface area contributed by atoms with Crippen LogP contribution in [0.25, 0.3) is 0 Å². The van der Waals surface area contributed by atoms with Crippen molar-refractivity contribution in [1.82, 2.24) is 5.32 Å². The van der Waals surface area contributed by atoms with Crippen molar-refractivity contribution in [2.45, 2.75) is 32.1 Å². The topological polar surface area (TPSA) is 93.7 Å². The molecule has 0 spiro atoms. The van der Waals surface area contributed by atoms with Gasteiger partial charge in [-0.1, -0.05) is 24.3 Å². The number of nitrogens with one attached hydrogen (secondary N) is 2. The van der Waals surface area contributed by atoms with Crippen molar-refractivity contribution in [1.29, 1.82) is 0 Å². The van der Waals surface area contributed by atoms with Crippen LogP contribution in [0, 0.1) is 5.82 Å². The van der Waals surface area contributed by atoms with E-state index < -0.39 is 30.0 Å². The van der Waals surface area contributed by atoms with Gasteiger partial charge < -0.3 is 20.1 Å². The van der Waals surface area contributed by atoms with Gasteiger partial charge in [-0.15, -0.1) is 0 Å². The number of anilines is 1. The van der Waals surface area contributed by atoms with E-state index in [0.29, 0.717) is 17.0 Å². The fourth-order valence-electron chi connectivity index (χ4n) is 2.61. The molecule has 3 rings (SSSR count). The predicted molar refractivity (Wildman–Crippen MR) is 97.9 cm³/mol. The number of halogens is 1. The Morgan fingerprint density at radius 3 is 2.68 bits per heavy atom. The summed E-state index contributed by atoms with van der Waals surface area (Å²) in [6.45, 7) is 1.60. The van der Waals surface area contributed by atoms with Crippen LogP contribution in [0.15, 0.2) is 48.5 Å². The van der Waals surface area contributed by atoms with Crippen LogP contribution in [0.1, 0.15) is 18.9 Å². The zero-order valence-electron chi connectivity index (χ0n) is 15.1. The maximum atomic E-state index is 12.9. The van der Waals surface area contributed by atoms with Gasteiger partial charge in [0.05, 0.1) is 12.1 Å². The standard InChI is InChI=1S/C20H19FN2O5/c1-12(19(25)22-11-13-6-8-14(21)9-7-13)27-18(24)10-17-20(26)23-15-4-2-3-5-16(15)28-17/h2-9,12,17H,10-11H2,1H3,(H,22,25)(H,23,26)/t12-,17-/m1/s1. The van der Waals surface area contributed by atoms with E-state index in [1.807, 2.05) is 0 Å². The smallest absolute Gasteiger partial charge is 0.310 e. The number of amides is 2. The van der Waals surface area contributed by atoms with Crippen LogP contribution >= 0.6 is 0 Å². The lowest BCUT2D eigenvalue weighted by atomic mass is 10.1. The molecule has 0 aliphatic carbocycles. The highest BCUT2D eigenvalue weighted by molar-refractivity contribution is 5.99. The third-order valence-electron chi connectivity index (χ3n) is 4.12. The molecule has 146 valence electrons. The van der Waals surface area contributed by atoms with Crippen molar-refractivity contribution < 1.29 is 28.2 Å². The van der Waals surface area contributed by atoms with E-state index >= 15 is 0 Å². The highest BCUT2D eigenvalue weighted by atomic mass is 19.1. The van der Waals surface area contributed by atoms with Gasteiger partial charge in [0.1, 0.15) is 11.6 Å². The van der Waals surface area contributed by atoms with E-state index in [1.54, 1.807) is 36.4 Å². The SMILES string of the molecule is C[C@@H](OC(=O)C[C@H]1Oc2ccccc2NC1=O)C(=O)NCc1ccc(F)cc1. The van der Waals surface area contributed by atoms with Crippen LogP contribution in [-0.4, -0.2) is 30.0 Å². The average molecular weight is 386 g/mol. The van der Waals surface area contributed by atoms with E-state index in [2.05, 4.69) is 10.6 Å². The zero-order chi connectivity index (χ0) is 20.1. The molecule has 2 aromatic rings. The average Bonchev–Trinajstić information content (AvgIpc) is 2.67. The van der Waals surface area contributed by atoms with Crippen molar-refractivity contribution in [2.75, 3.05) is 5.32 Å². The Kier molecular flexibility index (Phi) is 5.88. The highest BCUT2D eigenvalue weighted by Gasteiger charge is 2.31. The first kappa shape index (κ1) is 19.3. The molecule has 0 aromatic heterocycles. The molecule has 1 heterocycles. The lowest BCUT2D eigenvalue weighted by molar-refractivity contribution is -0.157. The largest absolute Gasteiger partial charge is 0.478 e. The van der Waals surface area contributed by atoms with Crippen LogP contribution in [-0.2, 0) is 25.7 Å². The van der Waals surface area contributed by atoms with E-state index in [9.17, 15) is 18.8 Å². The van der Waals surface area contributed by atoms with Crippen LogP contribution in [0.5, 0.6) is 5.75 Å². The first-order chi connectivity index (χ1) is 13.4. The fourth-order valence-corrected chi connectivity index (χ4v) is 2.61. The van der Waals surface area contributed by atoms with Gasteiger partial charge >= 0.3 is 5.97 Å². The van der Waals surface area contributed by atoms with E-state index in [1.165, 1.54) is 19.1 Å². The minimum atomic E-state index is -1.05. The van der Waals surface area contributed by atoms with E-state index in [4.69, 9.17) is 9.47 Å². The number of hydrogen-bond donors (Lipinski definition) is 2. The molecule has 28 heavy (non-hydrogen) atoms. The molecule has 0 bridgehead atoms. The molecule has 0 radical (unpaired) electrons. The number of carbonyl (C=O) groups excluding carboxylic acids is 3. The van der Waals surface area contributed by atoms with Gasteiger partial charge in [-0.05, 0) is 36.8 Å². The molecule has 0 fully saturated rings. The lowest BCUT2D eigenvalue weighted by Gasteiger charge is -2.25. The Hall–Kier alpha value is -3.42. The molecule has 0 unspecified atom stereocenters. The summed E-state index contributed by atoms with van der Waals surface area (Å²) < 4.78 is 23.5. The third kappa shape index (κ3) is 4.85. The molecular formula is C20H19FN2O5. The monoisotopic (exact) mass is 386 g/mol. The number of rotatable bonds is 6. The zero-order valence-corrected chi connectivity index (χ0v) is 15.1. The molecule has 2 N–H and O–H groups in total. The van der Waals surface area contributed by atoms with Crippen molar-refractivity contribution in [2.24, 2.45) is 0 Å². The first-order valence-electron chi connectivity index (χ1n) is 8.70. The highest BCUT2D eigenvalue weighted by Crippen LogP contribution is 2.29. The summed E-state index contributed by atoms with van der Waals surface area (Å²) in [6.07, 6.45) is -2.40. The number of benzene rings is 2. The van der Waals surface area contributed by atoms with Crippen LogP contribution < -0.4 is 15.4 Å². The summed E-state index contributed by atoms with van der Waals surface area (Å²) in [5.41, 5.74) is 1.24. The quantitative estimate of drug-likeness (QED) is 0.742. The van der Waals surface area contributed by atoms with Crippen LogP contribution in [0.3, 0.4) is 0 Å². The Bertz CT molecular complexity index is 884. The fraction of sp³-hybridized carbons (Fsp3) is 0.250. The van der Waals surface area contributed by atoms with Crippen molar-refractivity contribution in [3.05, 3.63) is 59.9 Å². The number of esters is 1. The molecule has 0 saturated heterocycles. The minimum absolute atomic E-state index is 0.173. The molecule has 2 aromatic carbocycles. The summed E-state index contributed by atoms with van der Waals surface area (Å²) in [5.74, 6) is -1.59. The second-order valence-corrected chi connectivity index (χ2v) is 6.27. The number of carbonyl (C=O) groups is 3. The van der Waals surface area contributed by atoms with Gasteiger partial charge in [0.15, 0.2) is 12.2 Å². The van der Waals surface area contributed by atoms with Gasteiger partial charge in [-0.25, -0.2) is 4.39 Å². The molecule has 7 nitrogen and oxygen atoms in total. The van der Waals surface area contributed by atoms with Gasteiger partial charge in [-0.2, -0.15) is 0 Å². The van der Waals surface area contributed by atoms with Gasteiger partial charge in [0.2, 0.25) is 0 Å². The summed E-state index contributed by atoms with van der Waals surface area (Å²) in [4.78, 5) is 36.2. The Balaban J connectivity index is 1.48. The Morgan fingerprint density at radius 1 is 1.21 bits per heavy atom. The number of hydrogen-bond acceptors (Lipinski definition) is 5. The summed E-state index contributed by atoms with van der Waals surface area (Å²) in [7, 11) is 0. The van der Waals surface area contributed by atoms with Crippen molar-refractivity contribution in [3.8, 4) is 5.75 Å². The van der Waals surface area contributed by atoms with Crippen molar-refractivity contribution >= 4 is 23.5 Å². The molecule has 2 atom stereocenters. The Labute approximate surface area is 160 Å². The van der Waals surface area contributed by atoms with Gasteiger partial charge in [0.25, 0.3) is 11.8 Å². The number of ether oxygens (including phenoxy) is 2. The van der Waals surface area contributed by atoms with Crippen LogP contribution in [0.2, 0.25) is 0 Å². The molecule has 8 heteroatoms. The van der Waals surface area contributed by atoms with Crippen LogP contribution in [0.4, 0.5) is 10.1 Å². The number of para-hydroxylation sites is 2. The molecular weight excluding hydrogens is 367 g/mol. The van der Waals surface area contributed by atoms with E-state index in [-0.39, 0.29) is 18.8 Å². The molecule has 1 aliphatic heterocycles. The summed E-state index contributed by atoms with van der Waals surface area (Å²) in [6, 6.07) is 12.5. The minimum Gasteiger partial charge on any atom is -0.478 e. The maximum Gasteiger partial charge on any atom is 0.310 e. The first-order valence-corrected chi connectivity index (χ1v) is 8.70. The molecule has 2 amide bonds. The maximum absolute atomic E-state index is 12.9. The lowest BCUT2D eigenvalue weighted by Crippen LogP contribution is -2.40. The van der Waals surface area contributed by atoms with Gasteiger partial charge in [-0.3, -0.25) is 14.4 Å². The molecule has 1 aliphatic rings. The molecule has 0 saturated carbocycles. The normalized spacial score (nSPS) is 16.2.